The number of rotatable bonds is 2. The normalized spacial score (nSPS) is 15.4. The molecule has 1 N–H and O–H groups in total. The van der Waals surface area contributed by atoms with E-state index in [1.165, 1.54) is 10.3 Å². The molecule has 112 valence electrons. The lowest BCUT2D eigenvalue weighted by atomic mass is 10.2. The van der Waals surface area contributed by atoms with Gasteiger partial charge in [-0.15, -0.1) is 11.3 Å². The minimum Gasteiger partial charge on any atom is -0.353 e. The molecule has 1 aromatic carbocycles. The van der Waals surface area contributed by atoms with Gasteiger partial charge in [-0.2, -0.15) is 0 Å². The first-order chi connectivity index (χ1) is 10.8. The van der Waals surface area contributed by atoms with E-state index < -0.39 is 0 Å². The first-order valence-corrected chi connectivity index (χ1v) is 8.42. The highest BCUT2D eigenvalue weighted by molar-refractivity contribution is 7.18. The van der Waals surface area contributed by atoms with Crippen LogP contribution in [0.3, 0.4) is 0 Å². The molecule has 0 radical (unpaired) electrons. The minimum absolute atomic E-state index is 0.823. The number of nitrogens with zero attached hydrogens (tertiary/aromatic N) is 3. The summed E-state index contributed by atoms with van der Waals surface area (Å²) in [6.07, 6.45) is 0. The van der Waals surface area contributed by atoms with Gasteiger partial charge in [-0.1, -0.05) is 30.3 Å². The van der Waals surface area contributed by atoms with Crippen LogP contribution in [0.25, 0.3) is 21.6 Å². The average molecular weight is 310 g/mol. The summed E-state index contributed by atoms with van der Waals surface area (Å²) in [6.45, 7) is 6.14. The van der Waals surface area contributed by atoms with E-state index in [4.69, 9.17) is 9.97 Å². The minimum atomic E-state index is 0.823. The van der Waals surface area contributed by atoms with Gasteiger partial charge in [0.05, 0.1) is 5.39 Å². The zero-order valence-corrected chi connectivity index (χ0v) is 13.4. The van der Waals surface area contributed by atoms with Gasteiger partial charge in [0, 0.05) is 36.6 Å². The van der Waals surface area contributed by atoms with Crippen molar-refractivity contribution in [1.82, 2.24) is 15.3 Å². The Hall–Kier alpha value is -1.98. The van der Waals surface area contributed by atoms with Gasteiger partial charge in [0.1, 0.15) is 10.6 Å². The Morgan fingerprint density at radius 1 is 1.09 bits per heavy atom. The van der Waals surface area contributed by atoms with Crippen molar-refractivity contribution in [1.29, 1.82) is 0 Å². The molecule has 22 heavy (non-hydrogen) atoms. The molecule has 0 saturated carbocycles. The van der Waals surface area contributed by atoms with Crippen molar-refractivity contribution in [2.75, 3.05) is 31.1 Å². The lowest BCUT2D eigenvalue weighted by molar-refractivity contribution is 0.586. The predicted octanol–water partition coefficient (Wildman–Crippen LogP) is 3.08. The van der Waals surface area contributed by atoms with E-state index in [1.807, 2.05) is 18.2 Å². The number of benzene rings is 1. The summed E-state index contributed by atoms with van der Waals surface area (Å²) >= 11 is 1.75. The number of thiophene rings is 1. The average Bonchev–Trinajstić information content (AvgIpc) is 2.95. The third-order valence-corrected chi connectivity index (χ3v) is 4.89. The van der Waals surface area contributed by atoms with Crippen molar-refractivity contribution in [2.45, 2.75) is 6.92 Å². The van der Waals surface area contributed by atoms with Crippen LogP contribution in [0.1, 0.15) is 4.88 Å². The molecular formula is C17H18N4S. The van der Waals surface area contributed by atoms with Crippen LogP contribution in [0, 0.1) is 6.92 Å². The fourth-order valence-electron chi connectivity index (χ4n) is 2.86. The molecule has 3 heterocycles. The molecule has 2 aromatic heterocycles. The van der Waals surface area contributed by atoms with Crippen molar-refractivity contribution in [3.8, 4) is 11.4 Å². The van der Waals surface area contributed by atoms with Crippen LogP contribution in [-0.4, -0.2) is 36.1 Å². The van der Waals surface area contributed by atoms with E-state index in [0.717, 1.165) is 48.2 Å². The second-order valence-electron chi connectivity index (χ2n) is 5.55. The van der Waals surface area contributed by atoms with Crippen molar-refractivity contribution >= 4 is 27.4 Å². The van der Waals surface area contributed by atoms with Crippen LogP contribution in [0.15, 0.2) is 36.4 Å². The topological polar surface area (TPSA) is 41.0 Å². The number of piperazine rings is 1. The number of anilines is 1. The van der Waals surface area contributed by atoms with Crippen molar-refractivity contribution in [2.24, 2.45) is 0 Å². The number of fused-ring (bicyclic) bond motifs is 1. The maximum absolute atomic E-state index is 4.90. The molecule has 3 aromatic rings. The Labute approximate surface area is 133 Å². The second-order valence-corrected chi connectivity index (χ2v) is 6.78. The smallest absolute Gasteiger partial charge is 0.163 e. The third kappa shape index (κ3) is 2.46. The monoisotopic (exact) mass is 310 g/mol. The SMILES string of the molecule is Cc1cc2c(N3CCNCC3)nc(-c3ccccc3)nc2s1. The van der Waals surface area contributed by atoms with Crippen LogP contribution < -0.4 is 10.2 Å². The lowest BCUT2D eigenvalue weighted by Gasteiger charge is -2.29. The van der Waals surface area contributed by atoms with Crippen molar-refractivity contribution in [3.63, 3.8) is 0 Å². The predicted molar refractivity (Wildman–Crippen MR) is 92.7 cm³/mol. The summed E-state index contributed by atoms with van der Waals surface area (Å²) in [6, 6.07) is 12.5. The highest BCUT2D eigenvalue weighted by Crippen LogP contribution is 2.33. The molecular weight excluding hydrogens is 292 g/mol. The molecule has 1 fully saturated rings. The number of hydrogen-bond donors (Lipinski definition) is 1. The summed E-state index contributed by atoms with van der Waals surface area (Å²) in [5, 5.41) is 4.59. The number of nitrogens with one attached hydrogen (secondary N) is 1. The van der Waals surface area contributed by atoms with Crippen LogP contribution in [0.4, 0.5) is 5.82 Å². The molecule has 1 aliphatic heterocycles. The molecule has 1 aliphatic rings. The fourth-order valence-corrected chi connectivity index (χ4v) is 3.73. The summed E-state index contributed by atoms with van der Waals surface area (Å²) in [7, 11) is 0. The van der Waals surface area contributed by atoms with E-state index >= 15 is 0 Å². The summed E-state index contributed by atoms with van der Waals surface area (Å²) in [4.78, 5) is 14.4. The molecule has 1 saturated heterocycles. The van der Waals surface area contributed by atoms with Gasteiger partial charge in [0.15, 0.2) is 5.82 Å². The standard InChI is InChI=1S/C17H18N4S/c1-12-11-14-16(21-9-7-18-8-10-21)19-15(20-17(14)22-12)13-5-3-2-4-6-13/h2-6,11,18H,7-10H2,1H3. The maximum Gasteiger partial charge on any atom is 0.163 e. The first-order valence-electron chi connectivity index (χ1n) is 7.60. The van der Waals surface area contributed by atoms with E-state index in [0.29, 0.717) is 0 Å². The molecule has 4 rings (SSSR count). The molecule has 4 nitrogen and oxygen atoms in total. The Morgan fingerprint density at radius 3 is 2.64 bits per heavy atom. The Bertz CT molecular complexity index is 791. The third-order valence-electron chi connectivity index (χ3n) is 3.94. The Kier molecular flexibility index (Phi) is 3.52. The largest absolute Gasteiger partial charge is 0.353 e. The highest BCUT2D eigenvalue weighted by atomic mass is 32.1. The van der Waals surface area contributed by atoms with Crippen LogP contribution in [0.2, 0.25) is 0 Å². The van der Waals surface area contributed by atoms with Crippen LogP contribution in [-0.2, 0) is 0 Å². The maximum atomic E-state index is 4.90. The van der Waals surface area contributed by atoms with Gasteiger partial charge in [-0.05, 0) is 13.0 Å². The lowest BCUT2D eigenvalue weighted by Crippen LogP contribution is -2.44. The molecule has 5 heteroatoms. The van der Waals surface area contributed by atoms with Gasteiger partial charge in [0.25, 0.3) is 0 Å². The number of hydrogen-bond acceptors (Lipinski definition) is 5. The van der Waals surface area contributed by atoms with Gasteiger partial charge >= 0.3 is 0 Å². The van der Waals surface area contributed by atoms with Gasteiger partial charge in [-0.25, -0.2) is 9.97 Å². The molecule has 0 bridgehead atoms. The van der Waals surface area contributed by atoms with E-state index in [9.17, 15) is 0 Å². The van der Waals surface area contributed by atoms with Crippen molar-refractivity contribution in [3.05, 3.63) is 41.3 Å². The van der Waals surface area contributed by atoms with E-state index in [-0.39, 0.29) is 0 Å². The number of aryl methyl sites for hydroxylation is 1. The Morgan fingerprint density at radius 2 is 1.86 bits per heavy atom. The Balaban J connectivity index is 1.89. The van der Waals surface area contributed by atoms with E-state index in [1.54, 1.807) is 11.3 Å². The van der Waals surface area contributed by atoms with Crippen LogP contribution in [0.5, 0.6) is 0 Å². The molecule has 0 aliphatic carbocycles. The highest BCUT2D eigenvalue weighted by Gasteiger charge is 2.18. The van der Waals surface area contributed by atoms with Gasteiger partial charge < -0.3 is 10.2 Å². The molecule has 0 unspecified atom stereocenters. The molecule has 0 atom stereocenters. The van der Waals surface area contributed by atoms with Crippen LogP contribution >= 0.6 is 11.3 Å². The summed E-state index contributed by atoms with van der Waals surface area (Å²) < 4.78 is 0. The van der Waals surface area contributed by atoms with Crippen molar-refractivity contribution < 1.29 is 0 Å². The zero-order chi connectivity index (χ0) is 14.9. The molecule has 0 amide bonds. The summed E-state index contributed by atoms with van der Waals surface area (Å²) in [5.41, 5.74) is 1.08. The fraction of sp³-hybridized carbons (Fsp3) is 0.294. The number of aromatic nitrogens is 2. The second kappa shape index (κ2) is 5.66. The van der Waals surface area contributed by atoms with Gasteiger partial charge in [-0.3, -0.25) is 0 Å². The quantitative estimate of drug-likeness (QED) is 0.790. The summed E-state index contributed by atoms with van der Waals surface area (Å²) in [5.74, 6) is 1.90. The van der Waals surface area contributed by atoms with E-state index in [2.05, 4.69) is 35.3 Å². The van der Waals surface area contributed by atoms with Gasteiger partial charge in [0.2, 0.25) is 0 Å². The zero-order valence-electron chi connectivity index (χ0n) is 12.5. The molecule has 0 spiro atoms. The first kappa shape index (κ1) is 13.7.